The molecule has 0 amide bonds. The monoisotopic (exact) mass is 232 g/mol. The van der Waals surface area contributed by atoms with Gasteiger partial charge in [-0.3, -0.25) is 4.90 Å². The normalized spacial score (nSPS) is 12.4. The molecule has 0 spiro atoms. The van der Waals surface area contributed by atoms with E-state index in [1.807, 2.05) is 0 Å². The third-order valence-corrected chi connectivity index (χ3v) is 3.49. The van der Waals surface area contributed by atoms with Gasteiger partial charge in [0.05, 0.1) is 19.8 Å². The van der Waals surface area contributed by atoms with Crippen LogP contribution >= 0.6 is 0 Å². The smallest absolute Gasteiger partial charge is 0.0698 e. The minimum atomic E-state index is 0.0930. The van der Waals surface area contributed by atoms with E-state index in [1.54, 1.807) is 0 Å². The second kappa shape index (κ2) is 8.93. The lowest BCUT2D eigenvalue weighted by Gasteiger charge is -2.42. The van der Waals surface area contributed by atoms with Crippen molar-refractivity contribution in [2.75, 3.05) is 39.5 Å². The molecule has 0 bridgehead atoms. The zero-order valence-electron chi connectivity index (χ0n) is 11.0. The van der Waals surface area contributed by atoms with E-state index in [0.29, 0.717) is 19.8 Å². The number of nitrogens with zero attached hydrogens (tertiary/aromatic N) is 1. The summed E-state index contributed by atoms with van der Waals surface area (Å²) in [4.78, 5) is 2.39. The third kappa shape index (κ3) is 4.37. The molecule has 0 aliphatic rings. The number of hydrogen-bond donors (Lipinski definition) is 2. The minimum Gasteiger partial charge on any atom is -0.394 e. The highest BCUT2D eigenvalue weighted by Crippen LogP contribution is 2.22. The first-order chi connectivity index (χ1) is 7.70. The van der Waals surface area contributed by atoms with Crippen molar-refractivity contribution in [3.8, 4) is 0 Å². The van der Waals surface area contributed by atoms with Gasteiger partial charge in [-0.1, -0.05) is 20.8 Å². The number of likely N-dealkylation sites (N-methyl/N-ethyl adjacent to an activating group) is 1. The van der Waals surface area contributed by atoms with Gasteiger partial charge in [0.15, 0.2) is 0 Å². The van der Waals surface area contributed by atoms with Crippen molar-refractivity contribution in [3.63, 3.8) is 0 Å². The second-order valence-electron chi connectivity index (χ2n) is 4.05. The van der Waals surface area contributed by atoms with Crippen molar-refractivity contribution >= 4 is 0 Å². The van der Waals surface area contributed by atoms with Gasteiger partial charge in [-0.25, -0.2) is 0 Å². The van der Waals surface area contributed by atoms with Crippen molar-refractivity contribution in [3.05, 3.63) is 0 Å². The Morgan fingerprint density at radius 1 is 1.19 bits per heavy atom. The molecule has 4 nitrogen and oxygen atoms in total. The summed E-state index contributed by atoms with van der Waals surface area (Å²) in [6.45, 7) is 10.3. The molecule has 0 fully saturated rings. The quantitative estimate of drug-likeness (QED) is 0.548. The van der Waals surface area contributed by atoms with Crippen molar-refractivity contribution < 1.29 is 9.84 Å². The molecular weight excluding hydrogens is 204 g/mol. The number of ether oxygens (including phenoxy) is 1. The molecule has 4 heteroatoms. The van der Waals surface area contributed by atoms with Crippen LogP contribution < -0.4 is 5.73 Å². The van der Waals surface area contributed by atoms with Gasteiger partial charge in [-0.05, 0) is 19.4 Å². The Morgan fingerprint density at radius 2 is 1.81 bits per heavy atom. The molecule has 0 aromatic carbocycles. The Labute approximate surface area is 99.8 Å². The first-order valence-electron chi connectivity index (χ1n) is 6.34. The van der Waals surface area contributed by atoms with E-state index in [1.165, 1.54) is 0 Å². The summed E-state index contributed by atoms with van der Waals surface area (Å²) in [6, 6.07) is 0. The fraction of sp³-hybridized carbons (Fsp3) is 1.00. The van der Waals surface area contributed by atoms with Gasteiger partial charge >= 0.3 is 0 Å². The van der Waals surface area contributed by atoms with E-state index >= 15 is 0 Å². The summed E-state index contributed by atoms with van der Waals surface area (Å²) in [5.74, 6) is 0. The molecule has 0 rings (SSSR count). The van der Waals surface area contributed by atoms with Crippen LogP contribution in [-0.4, -0.2) is 55.0 Å². The molecule has 0 atom stereocenters. The van der Waals surface area contributed by atoms with E-state index in [4.69, 9.17) is 15.6 Å². The molecule has 0 saturated carbocycles. The summed E-state index contributed by atoms with van der Waals surface area (Å²) in [7, 11) is 0. The maximum Gasteiger partial charge on any atom is 0.0698 e. The molecule has 0 heterocycles. The molecule has 0 aliphatic heterocycles. The first kappa shape index (κ1) is 15.8. The van der Waals surface area contributed by atoms with Gasteiger partial charge in [0.25, 0.3) is 0 Å². The summed E-state index contributed by atoms with van der Waals surface area (Å²) in [5.41, 5.74) is 6.02. The van der Waals surface area contributed by atoms with E-state index in [-0.39, 0.29) is 12.1 Å². The van der Waals surface area contributed by atoms with Gasteiger partial charge in [0, 0.05) is 18.6 Å². The molecular formula is C12H28N2O2. The lowest BCUT2D eigenvalue weighted by Crippen LogP contribution is -2.54. The summed E-state index contributed by atoms with van der Waals surface area (Å²) in [5, 5.41) is 8.63. The van der Waals surface area contributed by atoms with Crippen LogP contribution in [0, 0.1) is 0 Å². The van der Waals surface area contributed by atoms with Crippen molar-refractivity contribution in [1.82, 2.24) is 4.90 Å². The molecule has 3 N–H and O–H groups in total. The first-order valence-corrected chi connectivity index (χ1v) is 6.34. The van der Waals surface area contributed by atoms with Crippen molar-refractivity contribution in [1.29, 1.82) is 0 Å². The fourth-order valence-corrected chi connectivity index (χ4v) is 2.19. The highest BCUT2D eigenvalue weighted by atomic mass is 16.5. The van der Waals surface area contributed by atoms with Gasteiger partial charge in [0.1, 0.15) is 0 Å². The van der Waals surface area contributed by atoms with Crippen LogP contribution in [0.15, 0.2) is 0 Å². The molecule has 0 aromatic heterocycles. The topological polar surface area (TPSA) is 58.7 Å². The predicted octanol–water partition coefficient (Wildman–Crippen LogP) is 0.835. The standard InChI is InChI=1S/C12H28N2O2/c1-4-12(5-2,11-13)14(6-3)7-9-16-10-8-15/h15H,4-11,13H2,1-3H3. The summed E-state index contributed by atoms with van der Waals surface area (Å²) >= 11 is 0. The molecule has 0 saturated heterocycles. The van der Waals surface area contributed by atoms with Gasteiger partial charge in [-0.15, -0.1) is 0 Å². The maximum absolute atomic E-state index is 8.63. The second-order valence-corrected chi connectivity index (χ2v) is 4.05. The van der Waals surface area contributed by atoms with Crippen LogP contribution in [-0.2, 0) is 4.74 Å². The third-order valence-electron chi connectivity index (χ3n) is 3.49. The summed E-state index contributed by atoms with van der Waals surface area (Å²) in [6.07, 6.45) is 2.13. The lowest BCUT2D eigenvalue weighted by atomic mass is 9.90. The Balaban J connectivity index is 4.21. The Morgan fingerprint density at radius 3 is 2.19 bits per heavy atom. The zero-order chi connectivity index (χ0) is 12.4. The predicted molar refractivity (Wildman–Crippen MR) is 67.5 cm³/mol. The number of nitrogens with two attached hydrogens (primary N) is 1. The highest BCUT2D eigenvalue weighted by molar-refractivity contribution is 4.88. The summed E-state index contributed by atoms with van der Waals surface area (Å²) < 4.78 is 5.31. The number of rotatable bonds is 10. The average molecular weight is 232 g/mol. The van der Waals surface area contributed by atoms with Crippen LogP contribution in [0.3, 0.4) is 0 Å². The van der Waals surface area contributed by atoms with Crippen LogP contribution in [0.4, 0.5) is 0 Å². The SMILES string of the molecule is CCN(CCOCCO)C(CC)(CC)CN. The Kier molecular flexibility index (Phi) is 8.84. The van der Waals surface area contributed by atoms with E-state index in [2.05, 4.69) is 25.7 Å². The minimum absolute atomic E-state index is 0.0930. The molecule has 0 unspecified atom stereocenters. The van der Waals surface area contributed by atoms with Gasteiger partial charge in [0.2, 0.25) is 0 Å². The zero-order valence-corrected chi connectivity index (χ0v) is 11.0. The van der Waals surface area contributed by atoms with Crippen molar-refractivity contribution in [2.45, 2.75) is 39.2 Å². The molecule has 0 aromatic rings. The van der Waals surface area contributed by atoms with Gasteiger partial charge < -0.3 is 15.6 Å². The lowest BCUT2D eigenvalue weighted by molar-refractivity contribution is 0.0325. The molecule has 16 heavy (non-hydrogen) atoms. The van der Waals surface area contributed by atoms with E-state index < -0.39 is 0 Å². The molecule has 98 valence electrons. The number of hydrogen-bond acceptors (Lipinski definition) is 4. The van der Waals surface area contributed by atoms with Crippen LogP contribution in [0.1, 0.15) is 33.6 Å². The van der Waals surface area contributed by atoms with E-state index in [9.17, 15) is 0 Å². The largest absolute Gasteiger partial charge is 0.394 e. The molecule has 0 aliphatic carbocycles. The van der Waals surface area contributed by atoms with Gasteiger partial charge in [-0.2, -0.15) is 0 Å². The number of aliphatic hydroxyl groups is 1. The van der Waals surface area contributed by atoms with E-state index in [0.717, 1.165) is 25.9 Å². The molecule has 0 radical (unpaired) electrons. The fourth-order valence-electron chi connectivity index (χ4n) is 2.19. The highest BCUT2D eigenvalue weighted by Gasteiger charge is 2.30. The van der Waals surface area contributed by atoms with Crippen LogP contribution in [0.25, 0.3) is 0 Å². The average Bonchev–Trinajstić information content (AvgIpc) is 2.34. The Bertz CT molecular complexity index is 153. The van der Waals surface area contributed by atoms with Crippen LogP contribution in [0.5, 0.6) is 0 Å². The van der Waals surface area contributed by atoms with Crippen molar-refractivity contribution in [2.24, 2.45) is 5.73 Å². The van der Waals surface area contributed by atoms with Crippen LogP contribution in [0.2, 0.25) is 0 Å². The number of aliphatic hydroxyl groups excluding tert-OH is 1. The maximum atomic E-state index is 8.63. The Hall–Kier alpha value is -0.160.